The number of allylic oxidation sites excluding steroid dienone is 1. The molecule has 0 radical (unpaired) electrons. The Morgan fingerprint density at radius 2 is 1.27 bits per heavy atom. The number of rotatable bonds is 3. The van der Waals surface area contributed by atoms with Gasteiger partial charge in [-0.2, -0.15) is 0 Å². The second-order valence-corrected chi connectivity index (χ2v) is 7.09. The molecule has 0 aromatic carbocycles. The average molecular weight is 212 g/mol. The maximum absolute atomic E-state index is 5.81. The largest absolute Gasteiger partial charge is 0.375 e. The van der Waals surface area contributed by atoms with Crippen molar-refractivity contribution in [2.45, 2.75) is 61.0 Å². The lowest BCUT2D eigenvalue weighted by Gasteiger charge is -2.28. The summed E-state index contributed by atoms with van der Waals surface area (Å²) in [6, 6.07) is 0. The summed E-state index contributed by atoms with van der Waals surface area (Å²) < 4.78 is 5.81. The molecule has 15 heavy (non-hydrogen) atoms. The Morgan fingerprint density at radius 3 is 1.60 bits per heavy atom. The predicted octanol–water partition coefficient (Wildman–Crippen LogP) is 4.43. The van der Waals surface area contributed by atoms with Crippen molar-refractivity contribution in [1.29, 1.82) is 0 Å². The summed E-state index contributed by atoms with van der Waals surface area (Å²) >= 11 is 0. The van der Waals surface area contributed by atoms with Gasteiger partial charge >= 0.3 is 0 Å². The van der Waals surface area contributed by atoms with Gasteiger partial charge < -0.3 is 4.74 Å². The minimum absolute atomic E-state index is 0.0488. The van der Waals surface area contributed by atoms with Crippen LogP contribution in [0.25, 0.3) is 0 Å². The molecule has 0 aliphatic rings. The third-order valence-electron chi connectivity index (χ3n) is 1.91. The lowest BCUT2D eigenvalue weighted by Crippen LogP contribution is -2.27. The van der Waals surface area contributed by atoms with Crippen LogP contribution in [-0.4, -0.2) is 12.2 Å². The topological polar surface area (TPSA) is 9.23 Å². The van der Waals surface area contributed by atoms with Crippen LogP contribution >= 0.6 is 0 Å². The van der Waals surface area contributed by atoms with E-state index in [-0.39, 0.29) is 16.4 Å². The lowest BCUT2D eigenvalue weighted by atomic mass is 9.88. The van der Waals surface area contributed by atoms with Crippen molar-refractivity contribution < 1.29 is 4.74 Å². The number of hydrogen-bond acceptors (Lipinski definition) is 1. The van der Waals surface area contributed by atoms with Gasteiger partial charge in [0.25, 0.3) is 0 Å². The van der Waals surface area contributed by atoms with E-state index >= 15 is 0 Å². The van der Waals surface area contributed by atoms with Crippen molar-refractivity contribution in [2.24, 2.45) is 10.8 Å². The highest BCUT2D eigenvalue weighted by Gasteiger charge is 2.20. The molecule has 0 aliphatic carbocycles. The minimum Gasteiger partial charge on any atom is -0.375 e. The summed E-state index contributed by atoms with van der Waals surface area (Å²) in [5, 5.41) is 0. The fourth-order valence-electron chi connectivity index (χ4n) is 0.926. The van der Waals surface area contributed by atoms with E-state index in [0.717, 1.165) is 6.61 Å². The van der Waals surface area contributed by atoms with Crippen LogP contribution in [0.4, 0.5) is 0 Å². The van der Waals surface area contributed by atoms with Gasteiger partial charge in [0, 0.05) is 5.41 Å². The summed E-state index contributed by atoms with van der Waals surface area (Å²) in [7, 11) is 0. The fraction of sp³-hybridized carbons (Fsp3) is 0.857. The highest BCUT2D eigenvalue weighted by Crippen LogP contribution is 2.24. The third kappa shape index (κ3) is 9.99. The molecule has 0 spiro atoms. The van der Waals surface area contributed by atoms with Crippen LogP contribution in [0, 0.1) is 10.8 Å². The molecular weight excluding hydrogens is 184 g/mol. The molecule has 0 rings (SSSR count). The lowest BCUT2D eigenvalue weighted by molar-refractivity contribution is -0.0317. The maximum Gasteiger partial charge on any atom is 0.0598 e. The SMILES string of the molecule is CC(C)(C)C=CC(C)(C)COC(C)(C)C. The van der Waals surface area contributed by atoms with E-state index in [1.54, 1.807) is 0 Å². The van der Waals surface area contributed by atoms with Gasteiger partial charge in [0.1, 0.15) is 0 Å². The molecule has 1 heteroatoms. The molecule has 0 bridgehead atoms. The van der Waals surface area contributed by atoms with Gasteiger partial charge in [0.05, 0.1) is 12.2 Å². The summed E-state index contributed by atoms with van der Waals surface area (Å²) in [4.78, 5) is 0. The monoisotopic (exact) mass is 212 g/mol. The number of ether oxygens (including phenoxy) is 1. The van der Waals surface area contributed by atoms with Crippen LogP contribution in [-0.2, 0) is 4.74 Å². The smallest absolute Gasteiger partial charge is 0.0598 e. The van der Waals surface area contributed by atoms with Crippen molar-refractivity contribution in [2.75, 3.05) is 6.61 Å². The van der Waals surface area contributed by atoms with E-state index in [1.165, 1.54) is 0 Å². The first-order valence-corrected chi connectivity index (χ1v) is 5.76. The van der Waals surface area contributed by atoms with Gasteiger partial charge in [-0.15, -0.1) is 0 Å². The minimum atomic E-state index is -0.0488. The standard InChI is InChI=1S/C14H28O/c1-12(2,3)9-10-14(7,8)11-15-13(4,5)6/h9-10H,11H2,1-8H3. The zero-order valence-corrected chi connectivity index (χ0v) is 11.8. The second kappa shape index (κ2) is 4.69. The number of hydrogen-bond donors (Lipinski definition) is 0. The molecule has 1 nitrogen and oxygen atoms in total. The van der Waals surface area contributed by atoms with Crippen LogP contribution in [0.15, 0.2) is 12.2 Å². The molecule has 0 amide bonds. The van der Waals surface area contributed by atoms with E-state index in [1.807, 2.05) is 0 Å². The summed E-state index contributed by atoms with van der Waals surface area (Å²) in [6.07, 6.45) is 4.53. The summed E-state index contributed by atoms with van der Waals surface area (Å²) in [6.45, 7) is 18.1. The summed E-state index contributed by atoms with van der Waals surface area (Å²) in [5.74, 6) is 0. The van der Waals surface area contributed by atoms with Gasteiger partial charge in [0.15, 0.2) is 0 Å². The van der Waals surface area contributed by atoms with E-state index in [4.69, 9.17) is 4.74 Å². The van der Waals surface area contributed by atoms with E-state index in [0.29, 0.717) is 0 Å². The molecule has 0 saturated heterocycles. The normalized spacial score (nSPS) is 14.9. The van der Waals surface area contributed by atoms with Gasteiger partial charge in [-0.3, -0.25) is 0 Å². The summed E-state index contributed by atoms with van der Waals surface area (Å²) in [5.41, 5.74) is 0.312. The third-order valence-corrected chi connectivity index (χ3v) is 1.91. The van der Waals surface area contributed by atoms with Crippen molar-refractivity contribution in [3.8, 4) is 0 Å². The zero-order chi connectivity index (χ0) is 12.3. The molecule has 0 unspecified atom stereocenters. The molecule has 0 fully saturated rings. The Labute approximate surface area is 95.9 Å². The highest BCUT2D eigenvalue weighted by atomic mass is 16.5. The van der Waals surface area contributed by atoms with Crippen LogP contribution in [0.3, 0.4) is 0 Å². The molecule has 0 aromatic heterocycles. The van der Waals surface area contributed by atoms with Crippen LogP contribution in [0.1, 0.15) is 55.4 Å². The molecule has 0 heterocycles. The van der Waals surface area contributed by atoms with Crippen molar-refractivity contribution >= 4 is 0 Å². The first-order chi connectivity index (χ1) is 6.41. The molecule has 0 N–H and O–H groups in total. The molecule has 0 atom stereocenters. The van der Waals surface area contributed by atoms with Gasteiger partial charge in [0.2, 0.25) is 0 Å². The van der Waals surface area contributed by atoms with Gasteiger partial charge in [-0.25, -0.2) is 0 Å². The molecule has 0 aliphatic heterocycles. The van der Waals surface area contributed by atoms with Crippen LogP contribution in [0.5, 0.6) is 0 Å². The van der Waals surface area contributed by atoms with Crippen molar-refractivity contribution in [3.05, 3.63) is 12.2 Å². The highest BCUT2D eigenvalue weighted by molar-refractivity contribution is 5.00. The molecular formula is C14H28O. The Morgan fingerprint density at radius 1 is 0.800 bits per heavy atom. The first kappa shape index (κ1) is 14.7. The predicted molar refractivity (Wildman–Crippen MR) is 68.1 cm³/mol. The Hall–Kier alpha value is -0.300. The maximum atomic E-state index is 5.81. The quantitative estimate of drug-likeness (QED) is 0.629. The van der Waals surface area contributed by atoms with E-state index < -0.39 is 0 Å². The molecule has 90 valence electrons. The second-order valence-electron chi connectivity index (χ2n) is 7.09. The molecule has 0 saturated carbocycles. The Balaban J connectivity index is 4.26. The van der Waals surface area contributed by atoms with E-state index in [2.05, 4.69) is 67.5 Å². The van der Waals surface area contributed by atoms with Crippen LogP contribution in [0.2, 0.25) is 0 Å². The molecule has 0 aromatic rings. The fourth-order valence-corrected chi connectivity index (χ4v) is 0.926. The first-order valence-electron chi connectivity index (χ1n) is 5.76. The van der Waals surface area contributed by atoms with Crippen molar-refractivity contribution in [3.63, 3.8) is 0 Å². The van der Waals surface area contributed by atoms with Crippen LogP contribution < -0.4 is 0 Å². The van der Waals surface area contributed by atoms with Gasteiger partial charge in [-0.1, -0.05) is 46.8 Å². The Bertz CT molecular complexity index is 210. The Kier molecular flexibility index (Phi) is 4.60. The van der Waals surface area contributed by atoms with E-state index in [9.17, 15) is 0 Å². The van der Waals surface area contributed by atoms with Crippen molar-refractivity contribution in [1.82, 2.24) is 0 Å². The average Bonchev–Trinajstić information content (AvgIpc) is 1.96. The zero-order valence-electron chi connectivity index (χ0n) is 11.8. The van der Waals surface area contributed by atoms with Gasteiger partial charge in [-0.05, 0) is 26.2 Å².